The molecule has 1 aromatic rings. The average Bonchev–Trinajstić information content (AvgIpc) is 2.71. The summed E-state index contributed by atoms with van der Waals surface area (Å²) in [5.74, 6) is 0.832. The molecular weight excluding hydrogens is 238 g/mol. The minimum absolute atomic E-state index is 0.0917. The van der Waals surface area contributed by atoms with E-state index in [1.807, 2.05) is 35.5 Å². The molecule has 1 saturated heterocycles. The van der Waals surface area contributed by atoms with E-state index in [1.54, 1.807) is 7.11 Å². The molecule has 0 N–H and O–H groups in total. The molecule has 0 saturated carbocycles. The molecule has 0 amide bonds. The zero-order valence-electron chi connectivity index (χ0n) is 10.1. The van der Waals surface area contributed by atoms with Gasteiger partial charge in [-0.05, 0) is 24.1 Å². The Morgan fingerprint density at radius 2 is 2.18 bits per heavy atom. The Kier molecular flexibility index (Phi) is 4.15. The van der Waals surface area contributed by atoms with Crippen LogP contribution >= 0.6 is 0 Å². The summed E-state index contributed by atoms with van der Waals surface area (Å²) in [7, 11) is 1.64. The molecule has 0 radical (unpaired) electrons. The number of hydrogen-bond acceptors (Lipinski definition) is 3. The molecule has 1 aliphatic heterocycles. The lowest BCUT2D eigenvalue weighted by molar-refractivity contribution is 0.248. The van der Waals surface area contributed by atoms with E-state index in [9.17, 15) is 4.21 Å². The van der Waals surface area contributed by atoms with Gasteiger partial charge in [0, 0.05) is 13.1 Å². The van der Waals surface area contributed by atoms with Gasteiger partial charge in [0.05, 0.1) is 13.2 Å². The molecule has 0 aliphatic carbocycles. The maximum Gasteiger partial charge on any atom is 0.237 e. The molecule has 1 aliphatic rings. The van der Waals surface area contributed by atoms with Gasteiger partial charge < -0.3 is 4.74 Å². The Morgan fingerprint density at radius 3 is 2.71 bits per heavy atom. The van der Waals surface area contributed by atoms with Crippen LogP contribution in [0.1, 0.15) is 18.9 Å². The summed E-state index contributed by atoms with van der Waals surface area (Å²) in [5, 5.41) is 0. The number of hydrogen-bond donors (Lipinski definition) is 0. The summed E-state index contributed by atoms with van der Waals surface area (Å²) < 4.78 is 23.9. The fourth-order valence-electron chi connectivity index (χ4n) is 1.74. The van der Waals surface area contributed by atoms with Gasteiger partial charge in [0.1, 0.15) is 5.75 Å². The Morgan fingerprint density at radius 1 is 1.47 bits per heavy atom. The lowest BCUT2D eigenvalue weighted by Crippen LogP contribution is -2.21. The molecular formula is C12H17NO3S. The smallest absolute Gasteiger partial charge is 0.237 e. The highest BCUT2D eigenvalue weighted by atomic mass is 32.2. The van der Waals surface area contributed by atoms with E-state index in [0.717, 1.165) is 24.3 Å². The van der Waals surface area contributed by atoms with Crippen LogP contribution < -0.4 is 4.74 Å². The third-order valence-electron chi connectivity index (χ3n) is 2.81. The third kappa shape index (κ3) is 3.06. The molecule has 4 nitrogen and oxygen atoms in total. The minimum Gasteiger partial charge on any atom is -0.497 e. The van der Waals surface area contributed by atoms with Crippen LogP contribution in [0, 0.1) is 0 Å². The SMILES string of the molecule is CCC1CN(Cc2ccc(OC)cc2)S(=O)O1. The molecule has 2 unspecified atom stereocenters. The molecule has 94 valence electrons. The maximum atomic E-state index is 11.7. The van der Waals surface area contributed by atoms with Crippen LogP contribution in [-0.4, -0.2) is 28.3 Å². The normalized spacial score (nSPS) is 25.1. The van der Waals surface area contributed by atoms with Crippen molar-refractivity contribution in [2.45, 2.75) is 26.0 Å². The van der Waals surface area contributed by atoms with Crippen LogP contribution in [-0.2, 0) is 22.0 Å². The molecule has 5 heteroatoms. The molecule has 0 aromatic heterocycles. The van der Waals surface area contributed by atoms with Crippen LogP contribution in [0.3, 0.4) is 0 Å². The zero-order valence-corrected chi connectivity index (χ0v) is 10.9. The van der Waals surface area contributed by atoms with E-state index in [-0.39, 0.29) is 6.10 Å². The van der Waals surface area contributed by atoms with Gasteiger partial charge in [-0.15, -0.1) is 0 Å². The van der Waals surface area contributed by atoms with E-state index in [0.29, 0.717) is 6.54 Å². The van der Waals surface area contributed by atoms with Gasteiger partial charge in [-0.25, -0.2) is 4.21 Å². The summed E-state index contributed by atoms with van der Waals surface area (Å²) >= 11 is -1.30. The predicted molar refractivity (Wildman–Crippen MR) is 66.7 cm³/mol. The topological polar surface area (TPSA) is 38.8 Å². The number of benzene rings is 1. The minimum atomic E-state index is -1.30. The first-order valence-corrected chi connectivity index (χ1v) is 6.73. The van der Waals surface area contributed by atoms with Crippen molar-refractivity contribution in [2.24, 2.45) is 0 Å². The van der Waals surface area contributed by atoms with Crippen molar-refractivity contribution in [3.8, 4) is 5.75 Å². The molecule has 0 spiro atoms. The lowest BCUT2D eigenvalue weighted by Gasteiger charge is -2.11. The zero-order chi connectivity index (χ0) is 12.3. The number of rotatable bonds is 4. The monoisotopic (exact) mass is 255 g/mol. The Labute approximate surface area is 104 Å². The fourth-order valence-corrected chi connectivity index (χ4v) is 2.84. The molecule has 1 fully saturated rings. The summed E-state index contributed by atoms with van der Waals surface area (Å²) in [4.78, 5) is 0. The van der Waals surface area contributed by atoms with Crippen molar-refractivity contribution < 1.29 is 13.1 Å². The van der Waals surface area contributed by atoms with Crippen molar-refractivity contribution >= 4 is 11.3 Å². The average molecular weight is 255 g/mol. The van der Waals surface area contributed by atoms with Gasteiger partial charge >= 0.3 is 0 Å². The van der Waals surface area contributed by atoms with Gasteiger partial charge in [0.15, 0.2) is 0 Å². The highest BCUT2D eigenvalue weighted by Gasteiger charge is 2.29. The van der Waals surface area contributed by atoms with Gasteiger partial charge in [-0.3, -0.25) is 4.18 Å². The van der Waals surface area contributed by atoms with E-state index in [1.165, 1.54) is 0 Å². The first kappa shape index (κ1) is 12.5. The summed E-state index contributed by atoms with van der Waals surface area (Å²) in [5.41, 5.74) is 1.11. The van der Waals surface area contributed by atoms with Crippen molar-refractivity contribution in [2.75, 3.05) is 13.7 Å². The highest BCUT2D eigenvalue weighted by molar-refractivity contribution is 7.77. The maximum absolute atomic E-state index is 11.7. The first-order chi connectivity index (χ1) is 8.22. The second kappa shape index (κ2) is 5.62. The number of methoxy groups -OCH3 is 1. The second-order valence-corrected chi connectivity index (χ2v) is 5.16. The van der Waals surface area contributed by atoms with Crippen LogP contribution in [0.2, 0.25) is 0 Å². The highest BCUT2D eigenvalue weighted by Crippen LogP contribution is 2.20. The van der Waals surface area contributed by atoms with Crippen LogP contribution in [0.25, 0.3) is 0 Å². The summed E-state index contributed by atoms with van der Waals surface area (Å²) in [6.07, 6.45) is 0.985. The molecule has 2 atom stereocenters. The van der Waals surface area contributed by atoms with Crippen molar-refractivity contribution in [1.29, 1.82) is 0 Å². The Bertz CT molecular complexity index is 393. The third-order valence-corrected chi connectivity index (χ3v) is 3.95. The van der Waals surface area contributed by atoms with E-state index in [2.05, 4.69) is 0 Å². The standard InChI is InChI=1S/C12H17NO3S/c1-3-11-9-13(17(14)16-11)8-10-4-6-12(15-2)7-5-10/h4-7,11H,3,8-9H2,1-2H3. The first-order valence-electron chi connectivity index (χ1n) is 5.69. The molecule has 1 heterocycles. The van der Waals surface area contributed by atoms with Crippen molar-refractivity contribution in [3.63, 3.8) is 0 Å². The van der Waals surface area contributed by atoms with Gasteiger partial charge in [-0.1, -0.05) is 19.1 Å². The molecule has 0 bridgehead atoms. The van der Waals surface area contributed by atoms with Crippen LogP contribution in [0.5, 0.6) is 5.75 Å². The second-order valence-electron chi connectivity index (χ2n) is 4.01. The predicted octanol–water partition coefficient (Wildman–Crippen LogP) is 1.88. The Hall–Kier alpha value is -0.910. The van der Waals surface area contributed by atoms with Crippen LogP contribution in [0.15, 0.2) is 24.3 Å². The van der Waals surface area contributed by atoms with Gasteiger partial charge in [0.2, 0.25) is 11.3 Å². The van der Waals surface area contributed by atoms with Crippen LogP contribution in [0.4, 0.5) is 0 Å². The van der Waals surface area contributed by atoms with E-state index < -0.39 is 11.3 Å². The molecule has 1 aromatic carbocycles. The number of ether oxygens (including phenoxy) is 1. The quantitative estimate of drug-likeness (QED) is 0.824. The number of nitrogens with zero attached hydrogens (tertiary/aromatic N) is 1. The summed E-state index contributed by atoms with van der Waals surface area (Å²) in [6.45, 7) is 3.42. The van der Waals surface area contributed by atoms with E-state index >= 15 is 0 Å². The van der Waals surface area contributed by atoms with E-state index in [4.69, 9.17) is 8.92 Å². The van der Waals surface area contributed by atoms with Crippen molar-refractivity contribution in [3.05, 3.63) is 29.8 Å². The molecule has 17 heavy (non-hydrogen) atoms. The largest absolute Gasteiger partial charge is 0.497 e. The fraction of sp³-hybridized carbons (Fsp3) is 0.500. The van der Waals surface area contributed by atoms with Crippen molar-refractivity contribution in [1.82, 2.24) is 4.31 Å². The van der Waals surface area contributed by atoms with Gasteiger partial charge in [0.25, 0.3) is 0 Å². The molecule has 2 rings (SSSR count). The Balaban J connectivity index is 1.98. The van der Waals surface area contributed by atoms with Gasteiger partial charge in [-0.2, -0.15) is 4.31 Å². The lowest BCUT2D eigenvalue weighted by atomic mass is 10.2. The summed E-state index contributed by atoms with van der Waals surface area (Å²) in [6, 6.07) is 7.78.